The van der Waals surface area contributed by atoms with Gasteiger partial charge in [0.05, 0.1) is 5.69 Å². The van der Waals surface area contributed by atoms with Crippen molar-refractivity contribution in [2.75, 3.05) is 0 Å². The van der Waals surface area contributed by atoms with Gasteiger partial charge in [0.25, 0.3) is 5.66 Å². The fourth-order valence-corrected chi connectivity index (χ4v) is 1.61. The van der Waals surface area contributed by atoms with Crippen molar-refractivity contribution in [2.45, 2.75) is 45.3 Å². The van der Waals surface area contributed by atoms with E-state index in [2.05, 4.69) is 9.97 Å². The number of halogens is 2. The monoisotopic (exact) mass is 263 g/mol. The fraction of sp³-hybridized carbons (Fsp3) is 0.727. The summed E-state index contributed by atoms with van der Waals surface area (Å²) in [5, 5.41) is 0. The van der Waals surface area contributed by atoms with Gasteiger partial charge in [0.15, 0.2) is 0 Å². The number of aryl methyl sites for hydroxylation is 1. The van der Waals surface area contributed by atoms with Gasteiger partial charge >= 0.3 is 0 Å². The lowest BCUT2D eigenvalue weighted by atomic mass is 9.86. The second-order valence-electron chi connectivity index (χ2n) is 5.08. The minimum Gasteiger partial charge on any atom is -0.345 e. The van der Waals surface area contributed by atoms with Gasteiger partial charge in [-0.1, -0.05) is 23.1 Å². The third-order valence-corrected chi connectivity index (χ3v) is 3.89. The summed E-state index contributed by atoms with van der Waals surface area (Å²) in [5.41, 5.74) is 2.87. The largest absolute Gasteiger partial charge is 0.345 e. The van der Waals surface area contributed by atoms with Gasteiger partial charge in [-0.2, -0.15) is 0 Å². The summed E-state index contributed by atoms with van der Waals surface area (Å²) in [5.74, 6) is 0.783. The molecule has 3 nitrogen and oxygen atoms in total. The first kappa shape index (κ1) is 14.5. The van der Waals surface area contributed by atoms with Crippen LogP contribution < -0.4 is 5.73 Å². The van der Waals surface area contributed by atoms with Crippen molar-refractivity contribution in [2.24, 2.45) is 11.1 Å². The third kappa shape index (κ3) is 3.71. The molecule has 1 heterocycles. The SMILES string of the molecule is Cc1ncc(C(N)CCC(C)(C)C(F)(F)P)[nH]1. The Bertz CT molecular complexity index is 371. The van der Waals surface area contributed by atoms with E-state index in [4.69, 9.17) is 5.73 Å². The summed E-state index contributed by atoms with van der Waals surface area (Å²) in [4.78, 5) is 7.07. The third-order valence-electron chi connectivity index (χ3n) is 3.10. The quantitative estimate of drug-likeness (QED) is 0.802. The van der Waals surface area contributed by atoms with E-state index in [1.165, 1.54) is 0 Å². The Hall–Kier alpha value is -0.540. The zero-order valence-electron chi connectivity index (χ0n) is 10.4. The van der Waals surface area contributed by atoms with E-state index in [-0.39, 0.29) is 6.04 Å². The molecule has 1 aromatic rings. The van der Waals surface area contributed by atoms with Crippen LogP contribution in [0, 0.1) is 12.3 Å². The first-order valence-corrected chi connectivity index (χ1v) is 6.15. The highest BCUT2D eigenvalue weighted by atomic mass is 31.0. The summed E-state index contributed by atoms with van der Waals surface area (Å²) in [6.45, 7) is 4.92. The minimum atomic E-state index is -2.78. The number of nitrogens with one attached hydrogen (secondary N) is 1. The van der Waals surface area contributed by atoms with Gasteiger partial charge in [0.1, 0.15) is 5.82 Å². The molecule has 0 bridgehead atoms. The summed E-state index contributed by atoms with van der Waals surface area (Å²) >= 11 is 0. The maximum Gasteiger partial charge on any atom is 0.263 e. The van der Waals surface area contributed by atoms with Crippen molar-refractivity contribution in [3.63, 3.8) is 0 Å². The second-order valence-corrected chi connectivity index (χ2v) is 5.80. The average Bonchev–Trinajstić information content (AvgIpc) is 2.59. The molecule has 0 saturated carbocycles. The molecule has 0 aliphatic rings. The van der Waals surface area contributed by atoms with Crippen LogP contribution in [0.2, 0.25) is 0 Å². The van der Waals surface area contributed by atoms with Crippen LogP contribution in [-0.4, -0.2) is 15.6 Å². The van der Waals surface area contributed by atoms with Crippen LogP contribution in [-0.2, 0) is 0 Å². The lowest BCUT2D eigenvalue weighted by Crippen LogP contribution is -2.31. The Kier molecular flexibility index (Phi) is 4.26. The van der Waals surface area contributed by atoms with Crippen molar-refractivity contribution in [1.29, 1.82) is 0 Å². The maximum atomic E-state index is 13.3. The molecule has 17 heavy (non-hydrogen) atoms. The van der Waals surface area contributed by atoms with Crippen LogP contribution in [0.3, 0.4) is 0 Å². The summed E-state index contributed by atoms with van der Waals surface area (Å²) in [6, 6.07) is -0.275. The molecule has 1 aromatic heterocycles. The number of H-pyrrole nitrogens is 1. The van der Waals surface area contributed by atoms with Gasteiger partial charge in [0, 0.05) is 17.7 Å². The van der Waals surface area contributed by atoms with E-state index >= 15 is 0 Å². The summed E-state index contributed by atoms with van der Waals surface area (Å²) in [7, 11) is 1.61. The Balaban J connectivity index is 2.57. The van der Waals surface area contributed by atoms with Crippen LogP contribution in [0.25, 0.3) is 0 Å². The Morgan fingerprint density at radius 1 is 1.53 bits per heavy atom. The number of hydrogen-bond acceptors (Lipinski definition) is 2. The van der Waals surface area contributed by atoms with E-state index in [0.717, 1.165) is 11.5 Å². The number of nitrogens with two attached hydrogens (primary N) is 1. The fourth-order valence-electron chi connectivity index (χ4n) is 1.47. The van der Waals surface area contributed by atoms with Gasteiger partial charge in [-0.3, -0.25) is 0 Å². The predicted octanol–water partition coefficient (Wildman–Crippen LogP) is 2.99. The van der Waals surface area contributed by atoms with Gasteiger partial charge in [-0.25, -0.2) is 13.8 Å². The highest BCUT2D eigenvalue weighted by molar-refractivity contribution is 7.18. The standard InChI is InChI=1S/C11H20F2N3P/c1-7-15-6-9(16-7)8(14)4-5-10(2,3)11(12,13)17/h6,8H,4-5,14,17H2,1-3H3,(H,15,16). The Morgan fingerprint density at radius 2 is 2.12 bits per heavy atom. The molecule has 3 N–H and O–H groups in total. The van der Waals surface area contributed by atoms with Crippen LogP contribution in [0.15, 0.2) is 6.20 Å². The molecule has 0 saturated heterocycles. The second kappa shape index (κ2) is 4.99. The molecule has 0 aliphatic heterocycles. The molecular weight excluding hydrogens is 243 g/mol. The van der Waals surface area contributed by atoms with Crippen LogP contribution >= 0.6 is 9.24 Å². The molecular formula is C11H20F2N3P. The minimum absolute atomic E-state index is 0.275. The van der Waals surface area contributed by atoms with E-state index in [1.807, 2.05) is 6.92 Å². The summed E-state index contributed by atoms with van der Waals surface area (Å²) < 4.78 is 26.5. The topological polar surface area (TPSA) is 54.7 Å². The number of aromatic amines is 1. The van der Waals surface area contributed by atoms with Crippen LogP contribution in [0.1, 0.15) is 44.2 Å². The molecule has 0 aliphatic carbocycles. The first-order chi connectivity index (χ1) is 7.63. The lowest BCUT2D eigenvalue weighted by Gasteiger charge is -2.31. The van der Waals surface area contributed by atoms with E-state index in [9.17, 15) is 8.78 Å². The zero-order chi connectivity index (χ0) is 13.3. The number of aromatic nitrogens is 2. The average molecular weight is 263 g/mol. The number of hydrogen-bond donors (Lipinski definition) is 2. The van der Waals surface area contributed by atoms with Crippen molar-refractivity contribution in [1.82, 2.24) is 9.97 Å². The molecule has 0 aromatic carbocycles. The van der Waals surface area contributed by atoms with Crippen molar-refractivity contribution in [3.8, 4) is 0 Å². The number of alkyl halides is 2. The van der Waals surface area contributed by atoms with Crippen LogP contribution in [0.5, 0.6) is 0 Å². The van der Waals surface area contributed by atoms with Crippen molar-refractivity contribution < 1.29 is 8.78 Å². The zero-order valence-corrected chi connectivity index (χ0v) is 11.6. The van der Waals surface area contributed by atoms with E-state index in [1.54, 1.807) is 29.3 Å². The van der Waals surface area contributed by atoms with Gasteiger partial charge < -0.3 is 10.7 Å². The molecule has 0 fully saturated rings. The van der Waals surface area contributed by atoms with Crippen molar-refractivity contribution in [3.05, 3.63) is 17.7 Å². The van der Waals surface area contributed by atoms with E-state index in [0.29, 0.717) is 12.8 Å². The molecule has 0 spiro atoms. The van der Waals surface area contributed by atoms with Gasteiger partial charge in [0.2, 0.25) is 0 Å². The molecule has 6 heteroatoms. The molecule has 2 atom stereocenters. The predicted molar refractivity (Wildman–Crippen MR) is 67.9 cm³/mol. The van der Waals surface area contributed by atoms with Gasteiger partial charge in [-0.05, 0) is 19.8 Å². The normalized spacial score (nSPS) is 15.0. The lowest BCUT2D eigenvalue weighted by molar-refractivity contribution is -0.0254. The van der Waals surface area contributed by atoms with Crippen molar-refractivity contribution >= 4 is 9.24 Å². The molecule has 1 rings (SSSR count). The maximum absolute atomic E-state index is 13.3. The summed E-state index contributed by atoms with van der Waals surface area (Å²) in [6.07, 6.45) is 2.51. The van der Waals surface area contributed by atoms with E-state index < -0.39 is 11.1 Å². The Morgan fingerprint density at radius 3 is 2.53 bits per heavy atom. The van der Waals surface area contributed by atoms with Gasteiger partial charge in [-0.15, -0.1) is 0 Å². The van der Waals surface area contributed by atoms with Crippen LogP contribution in [0.4, 0.5) is 8.78 Å². The number of rotatable bonds is 5. The molecule has 0 amide bonds. The molecule has 98 valence electrons. The molecule has 2 unspecified atom stereocenters. The Labute approximate surface area is 103 Å². The molecule has 0 radical (unpaired) electrons. The number of nitrogens with zero attached hydrogens (tertiary/aromatic N) is 1. The highest BCUT2D eigenvalue weighted by Gasteiger charge is 2.41. The number of imidazole rings is 1. The highest BCUT2D eigenvalue weighted by Crippen LogP contribution is 2.45. The first-order valence-electron chi connectivity index (χ1n) is 5.57. The smallest absolute Gasteiger partial charge is 0.263 e.